The monoisotopic (exact) mass is 541 g/mol. The van der Waals surface area contributed by atoms with Crippen molar-refractivity contribution in [1.29, 1.82) is 0 Å². The third kappa shape index (κ3) is 5.72. The Bertz CT molecular complexity index is 1460. The second kappa shape index (κ2) is 11.1. The van der Waals surface area contributed by atoms with Crippen molar-refractivity contribution in [3.05, 3.63) is 68.8 Å². The van der Waals surface area contributed by atoms with Gasteiger partial charge in [0.1, 0.15) is 0 Å². The molecule has 0 radical (unpaired) electrons. The number of sulfonamides is 1. The molecule has 2 aliphatic rings. The van der Waals surface area contributed by atoms with Crippen molar-refractivity contribution in [2.24, 2.45) is 10.1 Å². The van der Waals surface area contributed by atoms with Crippen molar-refractivity contribution < 1.29 is 18.1 Å². The van der Waals surface area contributed by atoms with Crippen molar-refractivity contribution in [2.45, 2.75) is 37.0 Å². The molecule has 2 heterocycles. The highest BCUT2D eigenvalue weighted by atomic mass is 32.2. The minimum absolute atomic E-state index is 0.0288. The van der Waals surface area contributed by atoms with E-state index in [-0.39, 0.29) is 10.6 Å². The zero-order valence-corrected chi connectivity index (χ0v) is 21.8. The first kappa shape index (κ1) is 25.5. The van der Waals surface area contributed by atoms with Crippen molar-refractivity contribution in [1.82, 2.24) is 8.98 Å². The van der Waals surface area contributed by atoms with Crippen LogP contribution in [-0.4, -0.2) is 54.3 Å². The van der Waals surface area contributed by atoms with Crippen LogP contribution in [0.1, 0.15) is 32.1 Å². The summed E-state index contributed by atoms with van der Waals surface area (Å²) in [6, 6.07) is 12.9. The lowest BCUT2D eigenvalue weighted by atomic mass is 9.99. The fourth-order valence-corrected chi connectivity index (χ4v) is 6.62. The van der Waals surface area contributed by atoms with Crippen molar-refractivity contribution in [3.63, 3.8) is 0 Å². The lowest BCUT2D eigenvalue weighted by molar-refractivity contribution is -0.384. The Labute approximate surface area is 218 Å². The Morgan fingerprint density at radius 3 is 2.27 bits per heavy atom. The summed E-state index contributed by atoms with van der Waals surface area (Å²) < 4.78 is 34.4. The molecule has 2 aromatic carbocycles. The molecule has 5 rings (SSSR count). The second-order valence-corrected chi connectivity index (χ2v) is 11.6. The van der Waals surface area contributed by atoms with Crippen LogP contribution in [-0.2, 0) is 14.8 Å². The molecule has 194 valence electrons. The molecule has 1 aliphatic heterocycles. The Hall–Kier alpha value is -3.19. The number of hydrogen-bond acceptors (Lipinski definition) is 8. The van der Waals surface area contributed by atoms with E-state index < -0.39 is 14.9 Å². The maximum Gasteiger partial charge on any atom is 0.269 e. The average Bonchev–Trinajstić information content (AvgIpc) is 3.31. The number of thiazole rings is 1. The lowest BCUT2D eigenvalue weighted by Crippen LogP contribution is -2.40. The first-order valence-corrected chi connectivity index (χ1v) is 14.5. The van der Waals surface area contributed by atoms with Gasteiger partial charge in [0.05, 0.1) is 34.4 Å². The predicted octanol–water partition coefficient (Wildman–Crippen LogP) is 4.55. The molecular weight excluding hydrogens is 514 g/mol. The highest BCUT2D eigenvalue weighted by Gasteiger charge is 2.26. The summed E-state index contributed by atoms with van der Waals surface area (Å²) in [5.74, 6) is 0. The van der Waals surface area contributed by atoms with Crippen LogP contribution in [0.25, 0.3) is 11.3 Å². The smallest absolute Gasteiger partial charge is 0.269 e. The molecule has 0 spiro atoms. The molecule has 0 unspecified atom stereocenters. The highest BCUT2D eigenvalue weighted by molar-refractivity contribution is 7.89. The zero-order valence-electron chi connectivity index (χ0n) is 20.2. The standard InChI is InChI=1S/C25H27N5O5S2/c31-30(32)22-10-6-19(7-11-22)24-18-36-25(29(24)27-21-4-2-1-3-5-21)26-20-8-12-23(13-9-20)37(33,34)28-14-16-35-17-15-28/h6-13,18H,1-5,14-17H2. The van der Waals surface area contributed by atoms with Gasteiger partial charge in [0.2, 0.25) is 14.8 Å². The van der Waals surface area contributed by atoms with Gasteiger partial charge in [-0.3, -0.25) is 10.1 Å². The van der Waals surface area contributed by atoms with Crippen LogP contribution in [0.3, 0.4) is 0 Å². The quantitative estimate of drug-likeness (QED) is 0.335. The summed E-state index contributed by atoms with van der Waals surface area (Å²) >= 11 is 1.41. The summed E-state index contributed by atoms with van der Waals surface area (Å²) in [6.45, 7) is 1.47. The molecule has 37 heavy (non-hydrogen) atoms. The van der Waals surface area contributed by atoms with Crippen LogP contribution in [0.2, 0.25) is 0 Å². The van der Waals surface area contributed by atoms with E-state index in [4.69, 9.17) is 14.8 Å². The molecule has 0 atom stereocenters. The number of nitro groups is 1. The van der Waals surface area contributed by atoms with Gasteiger partial charge < -0.3 is 4.74 Å². The summed E-state index contributed by atoms with van der Waals surface area (Å²) in [7, 11) is -3.58. The van der Waals surface area contributed by atoms with Crippen molar-refractivity contribution in [2.75, 3.05) is 26.3 Å². The number of benzene rings is 2. The largest absolute Gasteiger partial charge is 0.379 e. The summed E-state index contributed by atoms with van der Waals surface area (Å²) in [4.78, 5) is 16.3. The van der Waals surface area contributed by atoms with Crippen LogP contribution in [0.15, 0.2) is 68.9 Å². The van der Waals surface area contributed by atoms with E-state index >= 15 is 0 Å². The van der Waals surface area contributed by atoms with Gasteiger partial charge in [-0.2, -0.15) is 9.41 Å². The molecule has 1 aromatic heterocycles. The number of rotatable bonds is 6. The topological polar surface area (TPSA) is 119 Å². The van der Waals surface area contributed by atoms with Gasteiger partial charge in [0.15, 0.2) is 0 Å². The number of morpholine rings is 1. The van der Waals surface area contributed by atoms with Crippen LogP contribution < -0.4 is 4.80 Å². The molecule has 0 bridgehead atoms. The van der Waals surface area contributed by atoms with Gasteiger partial charge in [-0.25, -0.2) is 18.1 Å². The maximum absolute atomic E-state index is 12.9. The van der Waals surface area contributed by atoms with E-state index in [2.05, 4.69) is 0 Å². The SMILES string of the molecule is O=[N+]([O-])c1ccc(-c2csc(=Nc3ccc(S(=O)(=O)N4CCOCC4)cc3)n2N=C2CCCCC2)cc1. The van der Waals surface area contributed by atoms with E-state index in [1.54, 1.807) is 41.1 Å². The molecule has 0 amide bonds. The number of non-ortho nitro benzene ring substituents is 1. The first-order chi connectivity index (χ1) is 17.9. The summed E-state index contributed by atoms with van der Waals surface area (Å²) in [5, 5.41) is 17.9. The highest BCUT2D eigenvalue weighted by Crippen LogP contribution is 2.25. The molecular formula is C25H27N5O5S2. The number of nitro benzene ring substituents is 1. The van der Waals surface area contributed by atoms with Gasteiger partial charge in [0.25, 0.3) is 5.69 Å². The van der Waals surface area contributed by atoms with E-state index in [1.165, 1.54) is 34.2 Å². The third-order valence-electron chi connectivity index (χ3n) is 6.40. The summed E-state index contributed by atoms with van der Waals surface area (Å²) in [5.41, 5.74) is 3.33. The summed E-state index contributed by atoms with van der Waals surface area (Å²) in [6.07, 6.45) is 5.25. The molecule has 1 saturated heterocycles. The van der Waals surface area contributed by atoms with Gasteiger partial charge in [0, 0.05) is 41.9 Å². The van der Waals surface area contributed by atoms with Crippen molar-refractivity contribution >= 4 is 38.4 Å². The Morgan fingerprint density at radius 1 is 0.946 bits per heavy atom. The van der Waals surface area contributed by atoms with E-state index in [1.807, 2.05) is 5.38 Å². The van der Waals surface area contributed by atoms with E-state index in [0.717, 1.165) is 42.7 Å². The number of aromatic nitrogens is 1. The first-order valence-electron chi connectivity index (χ1n) is 12.2. The molecule has 0 N–H and O–H groups in total. The number of ether oxygens (including phenoxy) is 1. The third-order valence-corrected chi connectivity index (χ3v) is 9.13. The fraction of sp³-hybridized carbons (Fsp3) is 0.360. The zero-order chi connectivity index (χ0) is 25.8. The minimum atomic E-state index is -3.58. The Kier molecular flexibility index (Phi) is 7.60. The number of hydrogen-bond donors (Lipinski definition) is 0. The molecule has 2 fully saturated rings. The Morgan fingerprint density at radius 2 is 1.62 bits per heavy atom. The predicted molar refractivity (Wildman–Crippen MR) is 142 cm³/mol. The van der Waals surface area contributed by atoms with E-state index in [9.17, 15) is 18.5 Å². The molecule has 12 heteroatoms. The molecule has 3 aromatic rings. The normalized spacial score (nSPS) is 17.6. The molecule has 10 nitrogen and oxygen atoms in total. The molecule has 1 aliphatic carbocycles. The minimum Gasteiger partial charge on any atom is -0.379 e. The maximum atomic E-state index is 12.9. The van der Waals surface area contributed by atoms with Gasteiger partial charge in [-0.15, -0.1) is 11.3 Å². The fourth-order valence-electron chi connectivity index (χ4n) is 4.37. The van der Waals surface area contributed by atoms with Crippen LogP contribution in [0.5, 0.6) is 0 Å². The van der Waals surface area contributed by atoms with Crippen molar-refractivity contribution in [3.8, 4) is 11.3 Å². The van der Waals surface area contributed by atoms with E-state index in [0.29, 0.717) is 36.8 Å². The van der Waals surface area contributed by atoms with Crippen LogP contribution >= 0.6 is 11.3 Å². The number of nitrogens with zero attached hydrogens (tertiary/aromatic N) is 5. The van der Waals surface area contributed by atoms with Gasteiger partial charge in [-0.1, -0.05) is 6.42 Å². The molecule has 1 saturated carbocycles. The average molecular weight is 542 g/mol. The van der Waals surface area contributed by atoms with Crippen LogP contribution in [0.4, 0.5) is 11.4 Å². The van der Waals surface area contributed by atoms with Crippen LogP contribution in [0, 0.1) is 10.1 Å². The lowest BCUT2D eigenvalue weighted by Gasteiger charge is -2.26. The van der Waals surface area contributed by atoms with Gasteiger partial charge in [-0.05, 0) is 62.1 Å². The Balaban J connectivity index is 1.51. The van der Waals surface area contributed by atoms with Gasteiger partial charge >= 0.3 is 0 Å². The second-order valence-electron chi connectivity index (χ2n) is 8.87.